The number of rotatable bonds is 2. The van der Waals surface area contributed by atoms with Gasteiger partial charge in [0.25, 0.3) is 0 Å². The summed E-state index contributed by atoms with van der Waals surface area (Å²) in [6.07, 6.45) is 5.04. The number of piperidine rings is 1. The van der Waals surface area contributed by atoms with Gasteiger partial charge in [-0.25, -0.2) is 0 Å². The van der Waals surface area contributed by atoms with Crippen molar-refractivity contribution in [2.45, 2.75) is 18.3 Å². The van der Waals surface area contributed by atoms with Crippen LogP contribution in [0.3, 0.4) is 0 Å². The Morgan fingerprint density at radius 3 is 2.63 bits per heavy atom. The van der Waals surface area contributed by atoms with E-state index in [4.69, 9.17) is 0 Å². The lowest BCUT2D eigenvalue weighted by Crippen LogP contribution is -2.34. The SMILES string of the molecule is Brc1ccc(C2CNCCC2c2cccnc2)cc1. The maximum absolute atomic E-state index is 4.27. The van der Waals surface area contributed by atoms with Gasteiger partial charge in [-0.2, -0.15) is 0 Å². The van der Waals surface area contributed by atoms with Crippen molar-refractivity contribution in [3.05, 3.63) is 64.4 Å². The van der Waals surface area contributed by atoms with Crippen LogP contribution in [0.5, 0.6) is 0 Å². The Morgan fingerprint density at radius 2 is 1.89 bits per heavy atom. The van der Waals surface area contributed by atoms with Crippen molar-refractivity contribution < 1.29 is 0 Å². The molecule has 1 aromatic carbocycles. The van der Waals surface area contributed by atoms with E-state index in [1.165, 1.54) is 17.5 Å². The predicted octanol–water partition coefficient (Wildman–Crippen LogP) is 3.70. The van der Waals surface area contributed by atoms with Crippen LogP contribution in [0.1, 0.15) is 29.4 Å². The summed E-state index contributed by atoms with van der Waals surface area (Å²) in [4.78, 5) is 4.27. The molecule has 2 heterocycles. The summed E-state index contributed by atoms with van der Waals surface area (Å²) in [5.41, 5.74) is 2.76. The van der Waals surface area contributed by atoms with E-state index < -0.39 is 0 Å². The Morgan fingerprint density at radius 1 is 1.05 bits per heavy atom. The van der Waals surface area contributed by atoms with Gasteiger partial charge >= 0.3 is 0 Å². The first-order chi connectivity index (χ1) is 9.34. The molecule has 2 aromatic rings. The van der Waals surface area contributed by atoms with Crippen molar-refractivity contribution in [1.82, 2.24) is 10.3 Å². The highest BCUT2D eigenvalue weighted by atomic mass is 79.9. The van der Waals surface area contributed by atoms with E-state index in [0.29, 0.717) is 11.8 Å². The predicted molar refractivity (Wildman–Crippen MR) is 81.3 cm³/mol. The molecule has 1 aliphatic heterocycles. The molecule has 0 bridgehead atoms. The zero-order valence-electron chi connectivity index (χ0n) is 10.7. The molecular formula is C16H17BrN2. The van der Waals surface area contributed by atoms with E-state index in [0.717, 1.165) is 17.6 Å². The molecule has 98 valence electrons. The summed E-state index contributed by atoms with van der Waals surface area (Å²) in [5.74, 6) is 1.10. The van der Waals surface area contributed by atoms with E-state index in [2.05, 4.69) is 56.6 Å². The number of nitrogens with one attached hydrogen (secondary N) is 1. The van der Waals surface area contributed by atoms with Gasteiger partial charge in [-0.05, 0) is 48.2 Å². The van der Waals surface area contributed by atoms with E-state index in [1.807, 2.05) is 18.5 Å². The quantitative estimate of drug-likeness (QED) is 0.913. The van der Waals surface area contributed by atoms with Crippen molar-refractivity contribution in [2.75, 3.05) is 13.1 Å². The summed E-state index contributed by atoms with van der Waals surface area (Å²) in [5, 5.41) is 3.52. The van der Waals surface area contributed by atoms with Crippen LogP contribution >= 0.6 is 15.9 Å². The minimum absolute atomic E-state index is 0.533. The van der Waals surface area contributed by atoms with Crippen LogP contribution in [0, 0.1) is 0 Å². The van der Waals surface area contributed by atoms with Gasteiger partial charge in [0.15, 0.2) is 0 Å². The number of aromatic nitrogens is 1. The van der Waals surface area contributed by atoms with Gasteiger partial charge in [0.1, 0.15) is 0 Å². The maximum Gasteiger partial charge on any atom is 0.0302 e. The highest BCUT2D eigenvalue weighted by Gasteiger charge is 2.27. The van der Waals surface area contributed by atoms with Crippen molar-refractivity contribution in [1.29, 1.82) is 0 Å². The fraction of sp³-hybridized carbons (Fsp3) is 0.312. The standard InChI is InChI=1S/C16H17BrN2/c17-14-5-3-12(4-6-14)16-11-19-9-7-15(16)13-2-1-8-18-10-13/h1-6,8,10,15-16,19H,7,9,11H2. The molecule has 1 aromatic heterocycles. The van der Waals surface area contributed by atoms with Crippen LogP contribution < -0.4 is 5.32 Å². The second-order valence-electron chi connectivity index (χ2n) is 5.04. The van der Waals surface area contributed by atoms with E-state index in [1.54, 1.807) is 0 Å². The molecule has 2 atom stereocenters. The molecule has 3 heteroatoms. The fourth-order valence-corrected chi connectivity index (χ4v) is 3.18. The molecule has 1 saturated heterocycles. The van der Waals surface area contributed by atoms with Gasteiger partial charge in [0.05, 0.1) is 0 Å². The first-order valence-corrected chi connectivity index (χ1v) is 7.50. The highest BCUT2D eigenvalue weighted by molar-refractivity contribution is 9.10. The molecule has 2 unspecified atom stereocenters. The normalized spacial score (nSPS) is 23.2. The van der Waals surface area contributed by atoms with Gasteiger partial charge in [0, 0.05) is 29.3 Å². The monoisotopic (exact) mass is 316 g/mol. The molecule has 0 radical (unpaired) electrons. The zero-order chi connectivity index (χ0) is 13.1. The first kappa shape index (κ1) is 12.8. The Kier molecular flexibility index (Phi) is 3.95. The molecule has 2 nitrogen and oxygen atoms in total. The number of nitrogens with zero attached hydrogens (tertiary/aromatic N) is 1. The topological polar surface area (TPSA) is 24.9 Å². The van der Waals surface area contributed by atoms with Crippen molar-refractivity contribution in [3.8, 4) is 0 Å². The summed E-state index contributed by atoms with van der Waals surface area (Å²) < 4.78 is 1.14. The zero-order valence-corrected chi connectivity index (χ0v) is 12.3. The number of hydrogen-bond acceptors (Lipinski definition) is 2. The minimum Gasteiger partial charge on any atom is -0.316 e. The Balaban J connectivity index is 1.91. The summed E-state index contributed by atoms with van der Waals surface area (Å²) in [6.45, 7) is 2.13. The molecule has 0 saturated carbocycles. The molecule has 0 spiro atoms. The molecule has 1 fully saturated rings. The fourth-order valence-electron chi connectivity index (χ4n) is 2.91. The lowest BCUT2D eigenvalue weighted by Gasteiger charge is -2.32. The summed E-state index contributed by atoms with van der Waals surface area (Å²) >= 11 is 3.50. The van der Waals surface area contributed by atoms with Crippen LogP contribution in [-0.4, -0.2) is 18.1 Å². The Labute approximate surface area is 122 Å². The third kappa shape index (κ3) is 2.88. The molecule has 0 amide bonds. The van der Waals surface area contributed by atoms with Gasteiger partial charge < -0.3 is 5.32 Å². The Hall–Kier alpha value is -1.19. The molecule has 19 heavy (non-hydrogen) atoms. The van der Waals surface area contributed by atoms with Gasteiger partial charge in [-0.1, -0.05) is 34.1 Å². The van der Waals surface area contributed by atoms with E-state index in [-0.39, 0.29) is 0 Å². The third-order valence-electron chi connectivity index (χ3n) is 3.89. The lowest BCUT2D eigenvalue weighted by atomic mass is 9.78. The number of benzene rings is 1. The van der Waals surface area contributed by atoms with Crippen LogP contribution in [0.2, 0.25) is 0 Å². The van der Waals surface area contributed by atoms with E-state index in [9.17, 15) is 0 Å². The van der Waals surface area contributed by atoms with Crippen LogP contribution in [-0.2, 0) is 0 Å². The second-order valence-corrected chi connectivity index (χ2v) is 5.96. The molecule has 1 N–H and O–H groups in total. The largest absolute Gasteiger partial charge is 0.316 e. The number of pyridine rings is 1. The summed E-state index contributed by atoms with van der Waals surface area (Å²) in [6, 6.07) is 13.0. The van der Waals surface area contributed by atoms with Crippen molar-refractivity contribution in [3.63, 3.8) is 0 Å². The summed E-state index contributed by atoms with van der Waals surface area (Å²) in [7, 11) is 0. The Bertz CT molecular complexity index is 524. The average Bonchev–Trinajstić information content (AvgIpc) is 2.49. The van der Waals surface area contributed by atoms with Gasteiger partial charge in [0.2, 0.25) is 0 Å². The third-order valence-corrected chi connectivity index (χ3v) is 4.42. The maximum atomic E-state index is 4.27. The van der Waals surface area contributed by atoms with Gasteiger partial charge in [-0.15, -0.1) is 0 Å². The average molecular weight is 317 g/mol. The van der Waals surface area contributed by atoms with Crippen molar-refractivity contribution in [2.24, 2.45) is 0 Å². The molecule has 3 rings (SSSR count). The molecule has 1 aliphatic rings. The van der Waals surface area contributed by atoms with Gasteiger partial charge in [-0.3, -0.25) is 4.98 Å². The van der Waals surface area contributed by atoms with Crippen LogP contribution in [0.15, 0.2) is 53.3 Å². The van der Waals surface area contributed by atoms with E-state index >= 15 is 0 Å². The first-order valence-electron chi connectivity index (χ1n) is 6.71. The molecular weight excluding hydrogens is 300 g/mol. The van der Waals surface area contributed by atoms with Crippen LogP contribution in [0.25, 0.3) is 0 Å². The van der Waals surface area contributed by atoms with Crippen LogP contribution in [0.4, 0.5) is 0 Å². The smallest absolute Gasteiger partial charge is 0.0302 e. The highest BCUT2D eigenvalue weighted by Crippen LogP contribution is 2.37. The number of hydrogen-bond donors (Lipinski definition) is 1. The minimum atomic E-state index is 0.533. The molecule has 0 aliphatic carbocycles. The van der Waals surface area contributed by atoms with Crippen molar-refractivity contribution >= 4 is 15.9 Å². The second kappa shape index (κ2) is 5.85. The lowest BCUT2D eigenvalue weighted by molar-refractivity contribution is 0.403. The number of halogens is 1.